The lowest BCUT2D eigenvalue weighted by molar-refractivity contribution is 0.0487. The van der Waals surface area contributed by atoms with Crippen molar-refractivity contribution in [2.24, 2.45) is 0 Å². The molecule has 7 heteroatoms. The van der Waals surface area contributed by atoms with Crippen LogP contribution in [-0.2, 0) is 10.8 Å². The minimum absolute atomic E-state index is 0.119. The van der Waals surface area contributed by atoms with Crippen LogP contribution < -0.4 is 20.1 Å². The number of para-hydroxylation sites is 2. The highest BCUT2D eigenvalue weighted by molar-refractivity contribution is 8.00. The first kappa shape index (κ1) is 16.3. The molecule has 3 aliphatic heterocycles. The summed E-state index contributed by atoms with van der Waals surface area (Å²) in [5.41, 5.74) is 4.19. The predicted molar refractivity (Wildman–Crippen MR) is 110 cm³/mol. The molecule has 0 bridgehead atoms. The summed E-state index contributed by atoms with van der Waals surface area (Å²) >= 11 is 1.78. The smallest absolute Gasteiger partial charge is 0.268 e. The Labute approximate surface area is 168 Å². The van der Waals surface area contributed by atoms with Crippen LogP contribution in [0.2, 0.25) is 0 Å². The molecule has 3 heterocycles. The van der Waals surface area contributed by atoms with E-state index in [9.17, 15) is 4.21 Å². The monoisotopic (exact) mass is 408 g/mol. The van der Waals surface area contributed by atoms with Crippen LogP contribution in [0.15, 0.2) is 70.5 Å². The molecule has 0 aromatic heterocycles. The van der Waals surface area contributed by atoms with E-state index >= 15 is 0 Å². The van der Waals surface area contributed by atoms with Gasteiger partial charge in [-0.3, -0.25) is 4.21 Å². The Morgan fingerprint density at radius 2 is 1.68 bits per heavy atom. The summed E-state index contributed by atoms with van der Waals surface area (Å²) in [4.78, 5) is 2.09. The van der Waals surface area contributed by atoms with Gasteiger partial charge in [0.1, 0.15) is 5.37 Å². The average Bonchev–Trinajstić information content (AvgIpc) is 3.43. The minimum Gasteiger partial charge on any atom is -0.447 e. The van der Waals surface area contributed by atoms with E-state index in [0.29, 0.717) is 5.88 Å². The van der Waals surface area contributed by atoms with E-state index in [2.05, 4.69) is 41.0 Å². The van der Waals surface area contributed by atoms with Gasteiger partial charge in [0.2, 0.25) is 0 Å². The molecule has 0 saturated heterocycles. The van der Waals surface area contributed by atoms with Gasteiger partial charge in [0, 0.05) is 16.1 Å². The molecule has 0 saturated carbocycles. The van der Waals surface area contributed by atoms with Crippen LogP contribution in [0.3, 0.4) is 0 Å². The zero-order valence-corrected chi connectivity index (χ0v) is 16.3. The van der Waals surface area contributed by atoms with E-state index in [1.807, 2.05) is 30.3 Å². The molecule has 0 spiro atoms. The van der Waals surface area contributed by atoms with Crippen LogP contribution in [-0.4, -0.2) is 10.1 Å². The fourth-order valence-corrected chi connectivity index (χ4v) is 5.82. The highest BCUT2D eigenvalue weighted by Crippen LogP contribution is 2.49. The van der Waals surface area contributed by atoms with Crippen molar-refractivity contribution in [1.82, 2.24) is 0 Å². The number of benzene rings is 3. The van der Waals surface area contributed by atoms with Gasteiger partial charge in [0.05, 0.1) is 27.3 Å². The molecule has 5 nitrogen and oxygen atoms in total. The normalized spacial score (nSPS) is 21.7. The topological polar surface area (TPSA) is 59.6 Å². The Hall–Kier alpha value is -2.64. The van der Waals surface area contributed by atoms with Crippen LogP contribution in [0.5, 0.6) is 11.5 Å². The van der Waals surface area contributed by atoms with Gasteiger partial charge in [-0.1, -0.05) is 36.0 Å². The van der Waals surface area contributed by atoms with Crippen molar-refractivity contribution in [3.8, 4) is 11.5 Å². The molecular weight excluding hydrogens is 392 g/mol. The summed E-state index contributed by atoms with van der Waals surface area (Å²) in [6.45, 7) is 0. The molecule has 6 rings (SSSR count). The SMILES string of the molecule is O=S1CNc2cc(C3Nc4cc(C5Oc6ccccc6O5)ccc4S3)ccc21. The number of fused-ring (bicyclic) bond motifs is 3. The van der Waals surface area contributed by atoms with E-state index in [0.717, 1.165) is 38.9 Å². The zero-order valence-electron chi connectivity index (χ0n) is 14.7. The first-order valence-electron chi connectivity index (χ1n) is 9.00. The fraction of sp³-hybridized carbons (Fsp3) is 0.143. The molecule has 140 valence electrons. The summed E-state index contributed by atoms with van der Waals surface area (Å²) in [7, 11) is -0.935. The molecule has 3 aromatic carbocycles. The summed E-state index contributed by atoms with van der Waals surface area (Å²) in [5.74, 6) is 2.05. The number of hydrogen-bond donors (Lipinski definition) is 2. The van der Waals surface area contributed by atoms with Crippen LogP contribution in [0, 0.1) is 0 Å². The van der Waals surface area contributed by atoms with Crippen molar-refractivity contribution in [3.63, 3.8) is 0 Å². The van der Waals surface area contributed by atoms with Gasteiger partial charge in [-0.2, -0.15) is 0 Å². The first-order valence-corrected chi connectivity index (χ1v) is 11.2. The van der Waals surface area contributed by atoms with Gasteiger partial charge in [-0.25, -0.2) is 0 Å². The molecule has 2 unspecified atom stereocenters. The Morgan fingerprint density at radius 3 is 2.50 bits per heavy atom. The molecule has 0 aliphatic carbocycles. The number of hydrogen-bond acceptors (Lipinski definition) is 6. The van der Waals surface area contributed by atoms with E-state index < -0.39 is 17.1 Å². The van der Waals surface area contributed by atoms with Crippen LogP contribution in [0.25, 0.3) is 0 Å². The van der Waals surface area contributed by atoms with Crippen molar-refractivity contribution in [3.05, 3.63) is 71.8 Å². The second-order valence-corrected chi connectivity index (χ2v) is 9.40. The van der Waals surface area contributed by atoms with Crippen molar-refractivity contribution < 1.29 is 13.7 Å². The van der Waals surface area contributed by atoms with Gasteiger partial charge in [-0.15, -0.1) is 0 Å². The number of ether oxygens (including phenoxy) is 2. The molecule has 28 heavy (non-hydrogen) atoms. The number of nitrogens with one attached hydrogen (secondary N) is 2. The van der Waals surface area contributed by atoms with Gasteiger partial charge >= 0.3 is 0 Å². The molecule has 2 N–H and O–H groups in total. The number of rotatable bonds is 2. The van der Waals surface area contributed by atoms with E-state index in [1.165, 1.54) is 4.90 Å². The Kier molecular flexibility index (Phi) is 3.61. The van der Waals surface area contributed by atoms with E-state index in [4.69, 9.17) is 9.47 Å². The van der Waals surface area contributed by atoms with E-state index in [1.54, 1.807) is 11.8 Å². The molecule has 2 atom stereocenters. The van der Waals surface area contributed by atoms with Crippen LogP contribution in [0.1, 0.15) is 22.8 Å². The van der Waals surface area contributed by atoms with Gasteiger partial charge in [-0.05, 0) is 42.0 Å². The Balaban J connectivity index is 1.25. The quantitative estimate of drug-likeness (QED) is 0.631. The standard InChI is InChI=1S/C21H16N2O3S2/c24-28-11-22-15-9-12(6-8-19(15)28)20-23-14-10-13(5-7-18(14)27-20)21-25-16-3-1-2-4-17(16)26-21/h1-10,20-23H,11H2. The molecule has 0 amide bonds. The van der Waals surface area contributed by atoms with E-state index in [-0.39, 0.29) is 5.37 Å². The lowest BCUT2D eigenvalue weighted by Crippen LogP contribution is -2.08. The Morgan fingerprint density at radius 1 is 0.929 bits per heavy atom. The maximum Gasteiger partial charge on any atom is 0.268 e. The summed E-state index contributed by atoms with van der Waals surface area (Å²) in [5, 5.41) is 6.93. The maximum absolute atomic E-state index is 11.9. The second-order valence-electron chi connectivity index (χ2n) is 6.83. The third-order valence-corrected chi connectivity index (χ3v) is 7.56. The molecular formula is C21H16N2O3S2. The first-order chi connectivity index (χ1) is 13.7. The van der Waals surface area contributed by atoms with Crippen LogP contribution in [0.4, 0.5) is 11.4 Å². The minimum atomic E-state index is -0.935. The lowest BCUT2D eigenvalue weighted by Gasteiger charge is -2.13. The van der Waals surface area contributed by atoms with Crippen LogP contribution >= 0.6 is 11.8 Å². The summed E-state index contributed by atoms with van der Waals surface area (Å²) in [6.07, 6.45) is -0.423. The molecule has 3 aliphatic rings. The molecule has 0 radical (unpaired) electrons. The van der Waals surface area contributed by atoms with Gasteiger partial charge < -0.3 is 20.1 Å². The molecule has 0 fully saturated rings. The van der Waals surface area contributed by atoms with Crippen molar-refractivity contribution in [2.45, 2.75) is 21.5 Å². The van der Waals surface area contributed by atoms with Crippen molar-refractivity contribution in [2.75, 3.05) is 16.5 Å². The van der Waals surface area contributed by atoms with Crippen molar-refractivity contribution >= 4 is 33.9 Å². The maximum atomic E-state index is 11.9. The third kappa shape index (κ3) is 2.57. The number of thioether (sulfide) groups is 1. The highest BCUT2D eigenvalue weighted by atomic mass is 32.2. The predicted octanol–water partition coefficient (Wildman–Crippen LogP) is 4.86. The fourth-order valence-electron chi connectivity index (χ4n) is 3.66. The summed E-state index contributed by atoms with van der Waals surface area (Å²) in [6, 6.07) is 20.1. The zero-order chi connectivity index (χ0) is 18.7. The second kappa shape index (κ2) is 6.18. The third-order valence-electron chi connectivity index (χ3n) is 5.07. The average molecular weight is 409 g/mol. The van der Waals surface area contributed by atoms with Gasteiger partial charge in [0.25, 0.3) is 6.29 Å². The summed E-state index contributed by atoms with van der Waals surface area (Å²) < 4.78 is 23.8. The highest BCUT2D eigenvalue weighted by Gasteiger charge is 2.29. The largest absolute Gasteiger partial charge is 0.447 e. The van der Waals surface area contributed by atoms with Crippen molar-refractivity contribution in [1.29, 1.82) is 0 Å². The number of anilines is 2. The van der Waals surface area contributed by atoms with Gasteiger partial charge in [0.15, 0.2) is 11.5 Å². The Bertz CT molecular complexity index is 1110. The molecule has 3 aromatic rings. The lowest BCUT2D eigenvalue weighted by atomic mass is 10.1.